The summed E-state index contributed by atoms with van der Waals surface area (Å²) in [5, 5.41) is 8.05. The van der Waals surface area contributed by atoms with Gasteiger partial charge in [0.1, 0.15) is 5.82 Å². The number of hydrogen-bond acceptors (Lipinski definition) is 2. The van der Waals surface area contributed by atoms with Gasteiger partial charge in [-0.25, -0.2) is 4.39 Å². The summed E-state index contributed by atoms with van der Waals surface area (Å²) in [5.41, 5.74) is 1.55. The molecule has 3 aromatic rings. The van der Waals surface area contributed by atoms with Crippen molar-refractivity contribution in [1.82, 2.24) is 10.2 Å². The zero-order valence-corrected chi connectivity index (χ0v) is 11.7. The molecule has 0 radical (unpaired) electrons. The first kappa shape index (κ1) is 15.1. The first-order valence-corrected chi connectivity index (χ1v) is 6.71. The van der Waals surface area contributed by atoms with Gasteiger partial charge < -0.3 is 0 Å². The maximum absolute atomic E-state index is 12.9. The highest BCUT2D eigenvalue weighted by Crippen LogP contribution is 2.30. The van der Waals surface area contributed by atoms with Gasteiger partial charge in [-0.05, 0) is 48.5 Å². The Morgan fingerprint density at radius 2 is 1.04 bits per heavy atom. The number of nitrogens with zero attached hydrogens (tertiary/aromatic N) is 2. The lowest BCUT2D eigenvalue weighted by atomic mass is 10.1. The molecule has 0 N–H and O–H groups in total. The van der Waals surface area contributed by atoms with Crippen molar-refractivity contribution in [3.05, 3.63) is 72.0 Å². The molecule has 0 fully saturated rings. The molecule has 1 heterocycles. The Kier molecular flexibility index (Phi) is 3.82. The average molecular weight is 318 g/mol. The predicted molar refractivity (Wildman–Crippen MR) is 77.9 cm³/mol. The summed E-state index contributed by atoms with van der Waals surface area (Å²) in [4.78, 5) is 0. The Balaban J connectivity index is 1.86. The molecule has 0 bridgehead atoms. The highest BCUT2D eigenvalue weighted by molar-refractivity contribution is 5.63. The van der Waals surface area contributed by atoms with Crippen molar-refractivity contribution in [2.75, 3.05) is 0 Å². The summed E-state index contributed by atoms with van der Waals surface area (Å²) >= 11 is 0. The lowest BCUT2D eigenvalue weighted by Gasteiger charge is -2.07. The summed E-state index contributed by atoms with van der Waals surface area (Å²) in [6.45, 7) is 0. The van der Waals surface area contributed by atoms with Gasteiger partial charge in [-0.15, -0.1) is 10.2 Å². The van der Waals surface area contributed by atoms with Crippen molar-refractivity contribution in [1.29, 1.82) is 0 Å². The second kappa shape index (κ2) is 5.79. The van der Waals surface area contributed by atoms with E-state index in [1.165, 1.54) is 24.3 Å². The van der Waals surface area contributed by atoms with Crippen molar-refractivity contribution >= 4 is 0 Å². The SMILES string of the molecule is Fc1ccc(-c2ccc(-c3ccc(C(F)(F)F)cc3)nn2)cc1. The van der Waals surface area contributed by atoms with Gasteiger partial charge >= 0.3 is 6.18 Å². The van der Waals surface area contributed by atoms with Gasteiger partial charge in [0.2, 0.25) is 0 Å². The van der Waals surface area contributed by atoms with Crippen molar-refractivity contribution in [2.45, 2.75) is 6.18 Å². The third-order valence-electron chi connectivity index (χ3n) is 3.31. The van der Waals surface area contributed by atoms with E-state index in [1.54, 1.807) is 24.3 Å². The lowest BCUT2D eigenvalue weighted by Crippen LogP contribution is -2.04. The standard InChI is InChI=1S/C17H10F4N2/c18-14-7-3-12(4-8-14)16-10-9-15(22-23-16)11-1-5-13(6-2-11)17(19,20)21/h1-10H. The minimum atomic E-state index is -4.36. The van der Waals surface area contributed by atoms with Crippen LogP contribution in [0.25, 0.3) is 22.5 Å². The van der Waals surface area contributed by atoms with Gasteiger partial charge in [0.05, 0.1) is 17.0 Å². The molecule has 0 aliphatic heterocycles. The van der Waals surface area contributed by atoms with Crippen LogP contribution < -0.4 is 0 Å². The van der Waals surface area contributed by atoms with Gasteiger partial charge in [0.25, 0.3) is 0 Å². The number of benzene rings is 2. The maximum atomic E-state index is 12.9. The third-order valence-corrected chi connectivity index (χ3v) is 3.31. The smallest absolute Gasteiger partial charge is 0.207 e. The zero-order valence-electron chi connectivity index (χ0n) is 11.7. The fourth-order valence-electron chi connectivity index (χ4n) is 2.09. The fourth-order valence-corrected chi connectivity index (χ4v) is 2.09. The highest BCUT2D eigenvalue weighted by atomic mass is 19.4. The van der Waals surface area contributed by atoms with E-state index in [9.17, 15) is 17.6 Å². The van der Waals surface area contributed by atoms with Gasteiger partial charge in [-0.3, -0.25) is 0 Å². The Hall–Kier alpha value is -2.76. The van der Waals surface area contributed by atoms with Gasteiger partial charge in [-0.2, -0.15) is 13.2 Å². The molecule has 0 spiro atoms. The zero-order chi connectivity index (χ0) is 16.4. The van der Waals surface area contributed by atoms with Crippen LogP contribution in [0.15, 0.2) is 60.7 Å². The second-order valence-corrected chi connectivity index (χ2v) is 4.89. The average Bonchev–Trinajstić information content (AvgIpc) is 2.55. The molecule has 0 saturated heterocycles. The van der Waals surface area contributed by atoms with Crippen LogP contribution in [0.4, 0.5) is 17.6 Å². The van der Waals surface area contributed by atoms with Crippen molar-refractivity contribution in [3.8, 4) is 22.5 Å². The molecule has 2 nitrogen and oxygen atoms in total. The molecule has 6 heteroatoms. The Labute approximate surface area is 129 Å². The summed E-state index contributed by atoms with van der Waals surface area (Å²) in [7, 11) is 0. The first-order valence-electron chi connectivity index (χ1n) is 6.71. The molecule has 2 aromatic carbocycles. The van der Waals surface area contributed by atoms with E-state index in [0.29, 0.717) is 22.5 Å². The molecule has 1 aromatic heterocycles. The van der Waals surface area contributed by atoms with E-state index in [0.717, 1.165) is 12.1 Å². The van der Waals surface area contributed by atoms with E-state index in [-0.39, 0.29) is 5.82 Å². The van der Waals surface area contributed by atoms with Crippen LogP contribution in [0.2, 0.25) is 0 Å². The minimum absolute atomic E-state index is 0.344. The lowest BCUT2D eigenvalue weighted by molar-refractivity contribution is -0.137. The van der Waals surface area contributed by atoms with E-state index in [4.69, 9.17) is 0 Å². The van der Waals surface area contributed by atoms with Crippen molar-refractivity contribution in [2.24, 2.45) is 0 Å². The quantitative estimate of drug-likeness (QED) is 0.624. The van der Waals surface area contributed by atoms with Crippen LogP contribution in [-0.2, 0) is 6.18 Å². The van der Waals surface area contributed by atoms with Crippen LogP contribution in [-0.4, -0.2) is 10.2 Å². The van der Waals surface area contributed by atoms with Gasteiger partial charge in [-0.1, -0.05) is 12.1 Å². The summed E-state index contributed by atoms with van der Waals surface area (Å²) in [6.07, 6.45) is -4.36. The molecule has 116 valence electrons. The topological polar surface area (TPSA) is 25.8 Å². The molecule has 0 aliphatic carbocycles. The first-order chi connectivity index (χ1) is 10.9. The summed E-state index contributed by atoms with van der Waals surface area (Å²) in [6, 6.07) is 13.9. The van der Waals surface area contributed by atoms with Crippen LogP contribution in [0, 0.1) is 5.82 Å². The predicted octanol–water partition coefficient (Wildman–Crippen LogP) is 4.97. The number of aromatic nitrogens is 2. The molecule has 0 saturated carbocycles. The molecule has 23 heavy (non-hydrogen) atoms. The monoisotopic (exact) mass is 318 g/mol. The van der Waals surface area contributed by atoms with Crippen molar-refractivity contribution in [3.63, 3.8) is 0 Å². The molecule has 0 amide bonds. The van der Waals surface area contributed by atoms with E-state index < -0.39 is 11.7 Å². The van der Waals surface area contributed by atoms with Gasteiger partial charge in [0, 0.05) is 11.1 Å². The number of rotatable bonds is 2. The molecule has 0 atom stereocenters. The summed E-state index contributed by atoms with van der Waals surface area (Å²) < 4.78 is 50.5. The van der Waals surface area contributed by atoms with Crippen LogP contribution in [0.1, 0.15) is 5.56 Å². The Morgan fingerprint density at radius 3 is 1.43 bits per heavy atom. The summed E-state index contributed by atoms with van der Waals surface area (Å²) in [5.74, 6) is -0.344. The third kappa shape index (κ3) is 3.36. The second-order valence-electron chi connectivity index (χ2n) is 4.89. The van der Waals surface area contributed by atoms with E-state index in [2.05, 4.69) is 10.2 Å². The Morgan fingerprint density at radius 1 is 0.609 bits per heavy atom. The molecule has 3 rings (SSSR count). The van der Waals surface area contributed by atoms with E-state index >= 15 is 0 Å². The van der Waals surface area contributed by atoms with Crippen LogP contribution in [0.3, 0.4) is 0 Å². The fraction of sp³-hybridized carbons (Fsp3) is 0.0588. The molecular weight excluding hydrogens is 308 g/mol. The highest BCUT2D eigenvalue weighted by Gasteiger charge is 2.30. The number of halogens is 4. The molecular formula is C17H10F4N2. The van der Waals surface area contributed by atoms with Crippen molar-refractivity contribution < 1.29 is 17.6 Å². The van der Waals surface area contributed by atoms with E-state index in [1.807, 2.05) is 0 Å². The number of alkyl halides is 3. The molecule has 0 unspecified atom stereocenters. The van der Waals surface area contributed by atoms with Crippen LogP contribution in [0.5, 0.6) is 0 Å². The largest absolute Gasteiger partial charge is 0.416 e. The normalized spacial score (nSPS) is 11.5. The Bertz CT molecular complexity index is 792. The van der Waals surface area contributed by atoms with Gasteiger partial charge in [0.15, 0.2) is 0 Å². The maximum Gasteiger partial charge on any atom is 0.416 e. The van der Waals surface area contributed by atoms with Crippen LogP contribution >= 0.6 is 0 Å². The molecule has 0 aliphatic rings. The minimum Gasteiger partial charge on any atom is -0.207 e. The number of hydrogen-bond donors (Lipinski definition) is 0.